The number of guanidine groups is 1. The van der Waals surface area contributed by atoms with E-state index >= 15 is 0 Å². The van der Waals surface area contributed by atoms with Crippen molar-refractivity contribution < 1.29 is 0 Å². The first-order valence-corrected chi connectivity index (χ1v) is 9.42. The number of aryl methyl sites for hydroxylation is 2. The van der Waals surface area contributed by atoms with Gasteiger partial charge < -0.3 is 10.6 Å². The highest BCUT2D eigenvalue weighted by Gasteiger charge is 2.13. The van der Waals surface area contributed by atoms with Gasteiger partial charge in [-0.2, -0.15) is 5.10 Å². The normalized spacial score (nSPS) is 12.4. The van der Waals surface area contributed by atoms with Crippen LogP contribution in [0.1, 0.15) is 36.4 Å². The van der Waals surface area contributed by atoms with Crippen molar-refractivity contribution in [3.8, 4) is 0 Å². The molecule has 2 aromatic rings. The van der Waals surface area contributed by atoms with E-state index in [-0.39, 0.29) is 30.0 Å². The molecule has 0 spiro atoms. The lowest BCUT2D eigenvalue weighted by atomic mass is 10.1. The lowest BCUT2D eigenvalue weighted by Crippen LogP contribution is -2.43. The quantitative estimate of drug-likeness (QED) is 0.262. The van der Waals surface area contributed by atoms with Gasteiger partial charge in [0.25, 0.3) is 0 Å². The van der Waals surface area contributed by atoms with E-state index in [1.807, 2.05) is 23.9 Å². The molecule has 6 nitrogen and oxygen atoms in total. The summed E-state index contributed by atoms with van der Waals surface area (Å²) >= 11 is 5.82. The van der Waals surface area contributed by atoms with Crippen molar-refractivity contribution in [2.45, 2.75) is 46.6 Å². The Kier molecular flexibility index (Phi) is 10.1. The van der Waals surface area contributed by atoms with Crippen LogP contribution in [0.15, 0.2) is 23.3 Å². The molecule has 8 heteroatoms. The monoisotopic (exact) mass is 504 g/mol. The average Bonchev–Trinajstić information content (AvgIpc) is 2.83. The highest BCUT2D eigenvalue weighted by Crippen LogP contribution is 2.14. The molecule has 0 aliphatic carbocycles. The largest absolute Gasteiger partial charge is 0.357 e. The van der Waals surface area contributed by atoms with Gasteiger partial charge in [-0.1, -0.05) is 17.7 Å². The van der Waals surface area contributed by atoms with Gasteiger partial charge in [-0.25, -0.2) is 4.98 Å². The number of halogens is 2. The maximum absolute atomic E-state index is 5.82. The summed E-state index contributed by atoms with van der Waals surface area (Å²) in [5, 5.41) is 11.8. The predicted octanol–water partition coefficient (Wildman–Crippen LogP) is 3.43. The highest BCUT2D eigenvalue weighted by atomic mass is 127. The maximum atomic E-state index is 5.82. The Bertz CT molecular complexity index is 741. The van der Waals surface area contributed by atoms with Crippen LogP contribution in [0.3, 0.4) is 0 Å². The Labute approximate surface area is 184 Å². The smallest absolute Gasteiger partial charge is 0.191 e. The maximum Gasteiger partial charge on any atom is 0.191 e. The Balaban J connectivity index is 0.00000364. The molecular weight excluding hydrogens is 475 g/mol. The van der Waals surface area contributed by atoms with Crippen molar-refractivity contribution in [3.63, 3.8) is 0 Å². The van der Waals surface area contributed by atoms with Crippen molar-refractivity contribution in [1.29, 1.82) is 0 Å². The molecular formula is C19H30ClIN6. The molecule has 1 atom stereocenters. The summed E-state index contributed by atoms with van der Waals surface area (Å²) in [7, 11) is 1.99. The van der Waals surface area contributed by atoms with E-state index in [0.29, 0.717) is 11.7 Å². The molecule has 27 heavy (non-hydrogen) atoms. The second kappa shape index (κ2) is 11.5. The van der Waals surface area contributed by atoms with Gasteiger partial charge in [0, 0.05) is 38.1 Å². The summed E-state index contributed by atoms with van der Waals surface area (Å²) in [6.07, 6.45) is 3.54. The molecule has 0 radical (unpaired) electrons. The topological polar surface area (TPSA) is 67.1 Å². The standard InChI is InChI=1S/C19H29ClN6.HI/c1-6-21-19(22-10-9-16-7-8-18(20)23-12-16)24-13(2)11-17-14(3)25-26(5)15(17)4;/h7-8,12-13H,6,9-11H2,1-5H3,(H2,21,22,24);1H. The van der Waals surface area contributed by atoms with Crippen LogP contribution >= 0.6 is 35.6 Å². The van der Waals surface area contributed by atoms with Gasteiger partial charge >= 0.3 is 0 Å². The predicted molar refractivity (Wildman–Crippen MR) is 123 cm³/mol. The van der Waals surface area contributed by atoms with Crippen molar-refractivity contribution in [3.05, 3.63) is 46.0 Å². The van der Waals surface area contributed by atoms with Crippen molar-refractivity contribution in [2.24, 2.45) is 12.0 Å². The van der Waals surface area contributed by atoms with Gasteiger partial charge in [0.2, 0.25) is 0 Å². The van der Waals surface area contributed by atoms with Crippen LogP contribution in [-0.2, 0) is 19.9 Å². The first kappa shape index (κ1) is 23.7. The van der Waals surface area contributed by atoms with Crippen LogP contribution in [-0.4, -0.2) is 39.9 Å². The molecule has 150 valence electrons. The number of hydrogen-bond donors (Lipinski definition) is 2. The second-order valence-corrected chi connectivity index (χ2v) is 6.91. The lowest BCUT2D eigenvalue weighted by Gasteiger charge is -2.18. The minimum Gasteiger partial charge on any atom is -0.357 e. The molecule has 0 amide bonds. The van der Waals surface area contributed by atoms with Gasteiger partial charge in [0.15, 0.2) is 5.96 Å². The Morgan fingerprint density at radius 2 is 2.07 bits per heavy atom. The van der Waals surface area contributed by atoms with E-state index in [0.717, 1.165) is 36.6 Å². The third-order valence-electron chi connectivity index (χ3n) is 4.36. The third-order valence-corrected chi connectivity index (χ3v) is 4.58. The molecule has 0 saturated carbocycles. The van der Waals surface area contributed by atoms with Crippen molar-refractivity contribution >= 4 is 41.5 Å². The van der Waals surface area contributed by atoms with Crippen LogP contribution in [0.25, 0.3) is 0 Å². The minimum absolute atomic E-state index is 0. The molecule has 1 unspecified atom stereocenters. The zero-order valence-electron chi connectivity index (χ0n) is 16.7. The van der Waals surface area contributed by atoms with E-state index in [1.165, 1.54) is 11.3 Å². The Hall–Kier alpha value is -1.35. The third kappa shape index (κ3) is 7.29. The van der Waals surface area contributed by atoms with Gasteiger partial charge in [-0.3, -0.25) is 9.67 Å². The zero-order valence-corrected chi connectivity index (χ0v) is 19.8. The first-order chi connectivity index (χ1) is 12.4. The van der Waals surface area contributed by atoms with Crippen molar-refractivity contribution in [1.82, 2.24) is 25.4 Å². The number of pyridine rings is 1. The molecule has 2 N–H and O–H groups in total. The second-order valence-electron chi connectivity index (χ2n) is 6.52. The lowest BCUT2D eigenvalue weighted by molar-refractivity contribution is 0.635. The van der Waals surface area contributed by atoms with Crippen molar-refractivity contribution in [2.75, 3.05) is 13.1 Å². The molecule has 0 aliphatic heterocycles. The summed E-state index contributed by atoms with van der Waals surface area (Å²) in [6, 6.07) is 4.05. The minimum atomic E-state index is 0. The SMILES string of the molecule is CCNC(=NCCc1ccc(Cl)nc1)NC(C)Cc1c(C)nn(C)c1C.I. The fourth-order valence-corrected chi connectivity index (χ4v) is 2.99. The van der Waals surface area contributed by atoms with Crippen LogP contribution in [0.5, 0.6) is 0 Å². The fourth-order valence-electron chi connectivity index (χ4n) is 2.87. The van der Waals surface area contributed by atoms with Crippen LogP contribution in [0.4, 0.5) is 0 Å². The molecule has 2 heterocycles. The van der Waals surface area contributed by atoms with Crippen LogP contribution < -0.4 is 10.6 Å². The van der Waals surface area contributed by atoms with Gasteiger partial charge in [0.1, 0.15) is 5.15 Å². The van der Waals surface area contributed by atoms with E-state index in [4.69, 9.17) is 11.6 Å². The van der Waals surface area contributed by atoms with Gasteiger partial charge in [-0.05, 0) is 57.7 Å². The number of rotatable bonds is 7. The molecule has 0 saturated heterocycles. The number of nitrogens with one attached hydrogen (secondary N) is 2. The Morgan fingerprint density at radius 3 is 2.63 bits per heavy atom. The molecule has 0 bridgehead atoms. The summed E-state index contributed by atoms with van der Waals surface area (Å²) < 4.78 is 1.94. The summed E-state index contributed by atoms with van der Waals surface area (Å²) in [4.78, 5) is 8.78. The van der Waals surface area contributed by atoms with E-state index in [1.54, 1.807) is 6.20 Å². The summed E-state index contributed by atoms with van der Waals surface area (Å²) in [5.41, 5.74) is 4.74. The molecule has 0 fully saturated rings. The highest BCUT2D eigenvalue weighted by molar-refractivity contribution is 14.0. The summed E-state index contributed by atoms with van der Waals surface area (Å²) in [6.45, 7) is 9.93. The zero-order chi connectivity index (χ0) is 19.1. The van der Waals surface area contributed by atoms with E-state index in [2.05, 4.69) is 53.4 Å². The van der Waals surface area contributed by atoms with Crippen LogP contribution in [0, 0.1) is 13.8 Å². The average molecular weight is 505 g/mol. The number of hydrogen-bond acceptors (Lipinski definition) is 3. The van der Waals surface area contributed by atoms with Gasteiger partial charge in [-0.15, -0.1) is 24.0 Å². The molecule has 0 aromatic carbocycles. The molecule has 0 aliphatic rings. The number of aliphatic imine (C=N–C) groups is 1. The first-order valence-electron chi connectivity index (χ1n) is 9.05. The molecule has 2 rings (SSSR count). The fraction of sp³-hybridized carbons (Fsp3) is 0.526. The van der Waals surface area contributed by atoms with Crippen LogP contribution in [0.2, 0.25) is 5.15 Å². The number of nitrogens with zero attached hydrogens (tertiary/aromatic N) is 4. The summed E-state index contributed by atoms with van der Waals surface area (Å²) in [5.74, 6) is 0.834. The Morgan fingerprint density at radius 1 is 1.33 bits per heavy atom. The van der Waals surface area contributed by atoms with E-state index in [9.17, 15) is 0 Å². The van der Waals surface area contributed by atoms with E-state index < -0.39 is 0 Å². The molecule has 2 aromatic heterocycles. The van der Waals surface area contributed by atoms with Gasteiger partial charge in [0.05, 0.1) is 5.69 Å². The number of aromatic nitrogens is 3.